The summed E-state index contributed by atoms with van der Waals surface area (Å²) in [6, 6.07) is 5.15. The fraction of sp³-hybridized carbons (Fsp3) is 0.100. The van der Waals surface area contributed by atoms with E-state index >= 15 is 0 Å². The molecule has 0 amide bonds. The summed E-state index contributed by atoms with van der Waals surface area (Å²) in [5, 5.41) is 3.92. The molecule has 14 heavy (non-hydrogen) atoms. The highest BCUT2D eigenvalue weighted by Crippen LogP contribution is 2.15. The highest BCUT2D eigenvalue weighted by atomic mass is 32.1. The van der Waals surface area contributed by atoms with Gasteiger partial charge in [-0.25, -0.2) is 4.98 Å². The molecule has 0 atom stereocenters. The lowest BCUT2D eigenvalue weighted by atomic mass is 10.4. The topological polar surface area (TPSA) is 22.1 Å². The SMILES string of the molecule is Fc1ncccc1OCc1ccsc1. The van der Waals surface area contributed by atoms with Crippen molar-refractivity contribution in [3.8, 4) is 5.75 Å². The highest BCUT2D eigenvalue weighted by molar-refractivity contribution is 7.07. The van der Waals surface area contributed by atoms with Crippen LogP contribution in [0.3, 0.4) is 0 Å². The van der Waals surface area contributed by atoms with Gasteiger partial charge in [0.05, 0.1) is 0 Å². The second-order valence-electron chi connectivity index (χ2n) is 2.71. The summed E-state index contributed by atoms with van der Waals surface area (Å²) in [6.07, 6.45) is 1.40. The first kappa shape index (κ1) is 9.15. The van der Waals surface area contributed by atoms with Gasteiger partial charge < -0.3 is 4.74 Å². The first-order valence-electron chi connectivity index (χ1n) is 4.10. The zero-order valence-electron chi connectivity index (χ0n) is 7.31. The Morgan fingerprint density at radius 1 is 1.43 bits per heavy atom. The van der Waals surface area contributed by atoms with E-state index in [1.165, 1.54) is 6.20 Å². The van der Waals surface area contributed by atoms with E-state index in [2.05, 4.69) is 4.98 Å². The molecular weight excluding hydrogens is 201 g/mol. The van der Waals surface area contributed by atoms with Gasteiger partial charge in [0.15, 0.2) is 5.75 Å². The van der Waals surface area contributed by atoms with Crippen molar-refractivity contribution < 1.29 is 9.13 Å². The van der Waals surface area contributed by atoms with Crippen LogP contribution in [0.1, 0.15) is 5.56 Å². The summed E-state index contributed by atoms with van der Waals surface area (Å²) < 4.78 is 18.2. The number of hydrogen-bond donors (Lipinski definition) is 0. The van der Waals surface area contributed by atoms with Crippen molar-refractivity contribution in [1.29, 1.82) is 0 Å². The van der Waals surface area contributed by atoms with E-state index in [9.17, 15) is 4.39 Å². The molecular formula is C10H8FNOS. The Bertz CT molecular complexity index is 402. The number of ether oxygens (including phenoxy) is 1. The van der Waals surface area contributed by atoms with E-state index in [4.69, 9.17) is 4.74 Å². The van der Waals surface area contributed by atoms with Crippen molar-refractivity contribution in [1.82, 2.24) is 4.98 Å². The standard InChI is InChI=1S/C10H8FNOS/c11-10-9(2-1-4-12-10)13-6-8-3-5-14-7-8/h1-5,7H,6H2. The van der Waals surface area contributed by atoms with Crippen LogP contribution in [0.4, 0.5) is 4.39 Å². The van der Waals surface area contributed by atoms with Crippen LogP contribution in [0.5, 0.6) is 5.75 Å². The molecule has 0 spiro atoms. The van der Waals surface area contributed by atoms with Crippen LogP contribution in [0.15, 0.2) is 35.2 Å². The number of aromatic nitrogens is 1. The van der Waals surface area contributed by atoms with Gasteiger partial charge in [0.2, 0.25) is 0 Å². The molecule has 0 radical (unpaired) electrons. The average Bonchev–Trinajstić information content (AvgIpc) is 2.69. The summed E-state index contributed by atoms with van der Waals surface area (Å²) in [7, 11) is 0. The molecule has 72 valence electrons. The molecule has 0 aliphatic rings. The maximum atomic E-state index is 13.0. The van der Waals surface area contributed by atoms with Gasteiger partial charge in [0, 0.05) is 6.20 Å². The van der Waals surface area contributed by atoms with Crippen LogP contribution in [0.25, 0.3) is 0 Å². The smallest absolute Gasteiger partial charge is 0.255 e. The summed E-state index contributed by atoms with van der Waals surface area (Å²) in [6.45, 7) is 0.381. The van der Waals surface area contributed by atoms with E-state index in [0.717, 1.165) is 5.56 Å². The maximum Gasteiger partial charge on any atom is 0.255 e. The third-order valence-electron chi connectivity index (χ3n) is 1.70. The Kier molecular flexibility index (Phi) is 2.74. The number of thiophene rings is 1. The molecule has 0 aliphatic heterocycles. The zero-order chi connectivity index (χ0) is 9.80. The molecule has 0 fully saturated rings. The van der Waals surface area contributed by atoms with E-state index in [-0.39, 0.29) is 5.75 Å². The maximum absolute atomic E-state index is 13.0. The van der Waals surface area contributed by atoms with Gasteiger partial charge in [-0.1, -0.05) is 0 Å². The monoisotopic (exact) mass is 209 g/mol. The van der Waals surface area contributed by atoms with Crippen LogP contribution >= 0.6 is 11.3 Å². The molecule has 0 aliphatic carbocycles. The number of hydrogen-bond acceptors (Lipinski definition) is 3. The van der Waals surface area contributed by atoms with Crippen molar-refractivity contribution in [2.45, 2.75) is 6.61 Å². The van der Waals surface area contributed by atoms with E-state index in [1.54, 1.807) is 23.5 Å². The van der Waals surface area contributed by atoms with E-state index < -0.39 is 5.95 Å². The number of nitrogens with zero attached hydrogens (tertiary/aromatic N) is 1. The van der Waals surface area contributed by atoms with Crippen molar-refractivity contribution >= 4 is 11.3 Å². The Labute approximate surface area is 85.0 Å². The molecule has 0 saturated carbocycles. The Balaban J connectivity index is 2.02. The van der Waals surface area contributed by atoms with Gasteiger partial charge >= 0.3 is 0 Å². The van der Waals surface area contributed by atoms with Gasteiger partial charge in [-0.3, -0.25) is 0 Å². The predicted octanol–water partition coefficient (Wildman–Crippen LogP) is 2.86. The molecule has 0 bridgehead atoms. The second-order valence-corrected chi connectivity index (χ2v) is 3.49. The lowest BCUT2D eigenvalue weighted by Crippen LogP contribution is -1.96. The van der Waals surface area contributed by atoms with Crippen molar-refractivity contribution in [2.75, 3.05) is 0 Å². The predicted molar refractivity (Wildman–Crippen MR) is 52.8 cm³/mol. The highest BCUT2D eigenvalue weighted by Gasteiger charge is 2.02. The van der Waals surface area contributed by atoms with Gasteiger partial charge in [-0.05, 0) is 34.5 Å². The molecule has 0 aromatic carbocycles. The Morgan fingerprint density at radius 2 is 2.36 bits per heavy atom. The van der Waals surface area contributed by atoms with Gasteiger partial charge in [-0.2, -0.15) is 15.7 Å². The minimum absolute atomic E-state index is 0.193. The molecule has 0 N–H and O–H groups in total. The number of pyridine rings is 1. The number of rotatable bonds is 3. The molecule has 0 saturated heterocycles. The third kappa shape index (κ3) is 2.09. The molecule has 2 aromatic rings. The van der Waals surface area contributed by atoms with E-state index in [0.29, 0.717) is 6.61 Å². The zero-order valence-corrected chi connectivity index (χ0v) is 8.13. The van der Waals surface area contributed by atoms with Crippen LogP contribution in [0.2, 0.25) is 0 Å². The molecule has 2 nitrogen and oxygen atoms in total. The molecule has 2 rings (SSSR count). The van der Waals surface area contributed by atoms with Gasteiger partial charge in [0.1, 0.15) is 6.61 Å². The minimum atomic E-state index is -0.567. The van der Waals surface area contributed by atoms with Crippen molar-refractivity contribution in [2.24, 2.45) is 0 Å². The number of halogens is 1. The van der Waals surface area contributed by atoms with Crippen molar-refractivity contribution in [3.63, 3.8) is 0 Å². The Morgan fingerprint density at radius 3 is 3.07 bits per heavy atom. The fourth-order valence-corrected chi connectivity index (χ4v) is 1.67. The van der Waals surface area contributed by atoms with Crippen LogP contribution in [0, 0.1) is 5.95 Å². The first-order valence-corrected chi connectivity index (χ1v) is 5.05. The lowest BCUT2D eigenvalue weighted by Gasteiger charge is -2.04. The summed E-state index contributed by atoms with van der Waals surface area (Å²) in [4.78, 5) is 3.49. The quantitative estimate of drug-likeness (QED) is 0.725. The summed E-state index contributed by atoms with van der Waals surface area (Å²) >= 11 is 1.59. The normalized spacial score (nSPS) is 10.1. The molecule has 2 heterocycles. The van der Waals surface area contributed by atoms with Crippen LogP contribution in [-0.2, 0) is 6.61 Å². The van der Waals surface area contributed by atoms with Crippen LogP contribution in [-0.4, -0.2) is 4.98 Å². The second kappa shape index (κ2) is 4.19. The van der Waals surface area contributed by atoms with Gasteiger partial charge in [0.25, 0.3) is 5.95 Å². The molecule has 2 aromatic heterocycles. The summed E-state index contributed by atoms with van der Waals surface area (Å²) in [5.41, 5.74) is 1.04. The molecule has 0 unspecified atom stereocenters. The lowest BCUT2D eigenvalue weighted by molar-refractivity contribution is 0.286. The third-order valence-corrected chi connectivity index (χ3v) is 2.43. The van der Waals surface area contributed by atoms with Crippen molar-refractivity contribution in [3.05, 3.63) is 46.7 Å². The van der Waals surface area contributed by atoms with Gasteiger partial charge in [-0.15, -0.1) is 0 Å². The minimum Gasteiger partial charge on any atom is -0.484 e. The first-order chi connectivity index (χ1) is 6.86. The van der Waals surface area contributed by atoms with Crippen LogP contribution < -0.4 is 4.74 Å². The Hall–Kier alpha value is -1.42. The largest absolute Gasteiger partial charge is 0.484 e. The average molecular weight is 209 g/mol. The summed E-state index contributed by atoms with van der Waals surface area (Å²) in [5.74, 6) is -0.374. The fourth-order valence-electron chi connectivity index (χ4n) is 1.01. The van der Waals surface area contributed by atoms with E-state index in [1.807, 2.05) is 16.8 Å². The molecule has 4 heteroatoms.